The molecule has 0 radical (unpaired) electrons. The third kappa shape index (κ3) is 2.86. The van der Waals surface area contributed by atoms with Gasteiger partial charge in [-0.2, -0.15) is 0 Å². The number of hydrogen-bond donors (Lipinski definition) is 0. The molecule has 0 saturated carbocycles. The molecule has 0 spiro atoms. The molecule has 2 rings (SSSR count). The zero-order chi connectivity index (χ0) is 14.9. The summed E-state index contributed by atoms with van der Waals surface area (Å²) in [5, 5.41) is 2.85. The summed E-state index contributed by atoms with van der Waals surface area (Å²) in [5.41, 5.74) is 2.09. The van der Waals surface area contributed by atoms with Crippen molar-refractivity contribution < 1.29 is 9.47 Å². The standard InChI is InChI=1S/C14H13Br2ClO2S/c1-7-6-20-14(12(7)17)10(15)8-4-5-9(18-2)11(16)13(8)19-3/h4-6,10H,1-3H3. The highest BCUT2D eigenvalue weighted by molar-refractivity contribution is 9.10. The summed E-state index contributed by atoms with van der Waals surface area (Å²) in [6.07, 6.45) is 0. The van der Waals surface area contributed by atoms with Crippen LogP contribution in [0.15, 0.2) is 22.0 Å². The Kier molecular flexibility index (Phi) is 5.40. The molecular formula is C14H13Br2ClO2S. The van der Waals surface area contributed by atoms with Crippen molar-refractivity contribution in [3.63, 3.8) is 0 Å². The van der Waals surface area contributed by atoms with Gasteiger partial charge in [-0.1, -0.05) is 33.6 Å². The third-order valence-corrected chi connectivity index (χ3v) is 6.73. The molecule has 1 aromatic carbocycles. The predicted molar refractivity (Wildman–Crippen MR) is 92.1 cm³/mol. The Morgan fingerprint density at radius 2 is 1.95 bits per heavy atom. The Hall–Kier alpha value is -0.230. The average Bonchev–Trinajstić information content (AvgIpc) is 2.78. The van der Waals surface area contributed by atoms with Gasteiger partial charge in [0.15, 0.2) is 0 Å². The number of halogens is 3. The molecule has 2 aromatic rings. The molecule has 108 valence electrons. The van der Waals surface area contributed by atoms with E-state index >= 15 is 0 Å². The summed E-state index contributed by atoms with van der Waals surface area (Å²) in [7, 11) is 3.27. The Morgan fingerprint density at radius 1 is 1.25 bits per heavy atom. The van der Waals surface area contributed by atoms with Gasteiger partial charge >= 0.3 is 0 Å². The Labute approximate surface area is 144 Å². The monoisotopic (exact) mass is 438 g/mol. The van der Waals surface area contributed by atoms with Crippen molar-refractivity contribution in [3.05, 3.63) is 43.0 Å². The van der Waals surface area contributed by atoms with E-state index in [0.717, 1.165) is 37.0 Å². The van der Waals surface area contributed by atoms with Crippen LogP contribution in [0.5, 0.6) is 11.5 Å². The molecular weight excluding hydrogens is 427 g/mol. The zero-order valence-corrected chi connectivity index (χ0v) is 15.9. The van der Waals surface area contributed by atoms with Crippen molar-refractivity contribution in [2.75, 3.05) is 14.2 Å². The number of alkyl halides is 1. The van der Waals surface area contributed by atoms with Gasteiger partial charge in [0.25, 0.3) is 0 Å². The van der Waals surface area contributed by atoms with E-state index in [2.05, 4.69) is 37.2 Å². The second-order valence-electron chi connectivity index (χ2n) is 4.16. The van der Waals surface area contributed by atoms with Gasteiger partial charge in [-0.05, 0) is 39.9 Å². The molecule has 0 saturated heterocycles. The maximum absolute atomic E-state index is 6.35. The van der Waals surface area contributed by atoms with Gasteiger partial charge in [0, 0.05) is 10.4 Å². The van der Waals surface area contributed by atoms with Gasteiger partial charge in [0.05, 0.1) is 24.1 Å². The molecule has 1 aromatic heterocycles. The molecule has 0 N–H and O–H groups in total. The van der Waals surface area contributed by atoms with E-state index in [1.807, 2.05) is 19.1 Å². The number of thiophene rings is 1. The highest BCUT2D eigenvalue weighted by Crippen LogP contribution is 2.47. The molecule has 0 amide bonds. The SMILES string of the molecule is COc1ccc(C(Br)c2scc(C)c2Cl)c(OC)c1Br. The highest BCUT2D eigenvalue weighted by atomic mass is 79.9. The Balaban J connectivity index is 2.52. The maximum Gasteiger partial charge on any atom is 0.141 e. The van der Waals surface area contributed by atoms with E-state index in [1.54, 1.807) is 25.6 Å². The van der Waals surface area contributed by atoms with E-state index in [0.29, 0.717) is 0 Å². The fourth-order valence-electron chi connectivity index (χ4n) is 1.88. The summed E-state index contributed by atoms with van der Waals surface area (Å²) in [5.74, 6) is 1.48. The molecule has 6 heteroatoms. The van der Waals surface area contributed by atoms with E-state index < -0.39 is 0 Å². The van der Waals surface area contributed by atoms with E-state index in [4.69, 9.17) is 21.1 Å². The number of hydrogen-bond acceptors (Lipinski definition) is 3. The third-order valence-electron chi connectivity index (χ3n) is 2.94. The molecule has 0 aliphatic rings. The number of ether oxygens (including phenoxy) is 2. The normalized spacial score (nSPS) is 12.3. The van der Waals surface area contributed by atoms with E-state index in [1.165, 1.54) is 0 Å². The minimum absolute atomic E-state index is 0.0224. The van der Waals surface area contributed by atoms with Crippen LogP contribution in [0.4, 0.5) is 0 Å². The minimum Gasteiger partial charge on any atom is -0.495 e. The first-order valence-electron chi connectivity index (χ1n) is 5.79. The first kappa shape index (κ1) is 16.1. The predicted octanol–water partition coefficient (Wildman–Crippen LogP) is 5.97. The van der Waals surface area contributed by atoms with Gasteiger partial charge in [0.2, 0.25) is 0 Å². The molecule has 20 heavy (non-hydrogen) atoms. The Bertz CT molecular complexity index is 628. The van der Waals surface area contributed by atoms with Crippen LogP contribution in [0.1, 0.15) is 20.8 Å². The minimum atomic E-state index is -0.0224. The number of methoxy groups -OCH3 is 2. The van der Waals surface area contributed by atoms with Gasteiger partial charge in [0.1, 0.15) is 16.0 Å². The molecule has 0 aliphatic carbocycles. The molecule has 0 fully saturated rings. The summed E-state index contributed by atoms with van der Waals surface area (Å²) in [6.45, 7) is 2.00. The van der Waals surface area contributed by atoms with Gasteiger partial charge in [-0.25, -0.2) is 0 Å². The fourth-order valence-corrected chi connectivity index (χ4v) is 4.90. The van der Waals surface area contributed by atoms with E-state index in [-0.39, 0.29) is 4.83 Å². The van der Waals surface area contributed by atoms with Gasteiger partial charge < -0.3 is 9.47 Å². The van der Waals surface area contributed by atoms with Crippen molar-refractivity contribution in [3.8, 4) is 11.5 Å². The smallest absolute Gasteiger partial charge is 0.141 e. The quantitative estimate of drug-likeness (QED) is 0.545. The summed E-state index contributed by atoms with van der Waals surface area (Å²) in [6, 6.07) is 3.89. The van der Waals surface area contributed by atoms with Gasteiger partial charge in [-0.15, -0.1) is 11.3 Å². The summed E-state index contributed by atoms with van der Waals surface area (Å²) >= 11 is 15.2. The fraction of sp³-hybridized carbons (Fsp3) is 0.286. The number of aryl methyl sites for hydroxylation is 1. The van der Waals surface area contributed by atoms with Gasteiger partial charge in [-0.3, -0.25) is 0 Å². The lowest BCUT2D eigenvalue weighted by atomic mass is 10.1. The van der Waals surface area contributed by atoms with Crippen molar-refractivity contribution >= 4 is 54.8 Å². The maximum atomic E-state index is 6.35. The lowest BCUT2D eigenvalue weighted by Gasteiger charge is -2.17. The first-order chi connectivity index (χ1) is 9.51. The van der Waals surface area contributed by atoms with Crippen LogP contribution in [0, 0.1) is 6.92 Å². The second-order valence-corrected chi connectivity index (χ2v) is 7.16. The molecule has 1 unspecified atom stereocenters. The molecule has 2 nitrogen and oxygen atoms in total. The van der Waals surface area contributed by atoms with Crippen LogP contribution >= 0.6 is 54.8 Å². The average molecular weight is 441 g/mol. The molecule has 0 bridgehead atoms. The van der Waals surface area contributed by atoms with Crippen LogP contribution in [0.2, 0.25) is 5.02 Å². The van der Waals surface area contributed by atoms with Crippen LogP contribution in [0.3, 0.4) is 0 Å². The largest absolute Gasteiger partial charge is 0.495 e. The second kappa shape index (κ2) is 6.69. The van der Waals surface area contributed by atoms with Crippen LogP contribution in [0.25, 0.3) is 0 Å². The summed E-state index contributed by atoms with van der Waals surface area (Å²) in [4.78, 5) is 1.05. The number of benzene rings is 1. The molecule has 1 atom stereocenters. The van der Waals surface area contributed by atoms with Crippen molar-refractivity contribution in [2.45, 2.75) is 11.8 Å². The lowest BCUT2D eigenvalue weighted by Crippen LogP contribution is -1.98. The van der Waals surface area contributed by atoms with Crippen LogP contribution < -0.4 is 9.47 Å². The summed E-state index contributed by atoms with van der Waals surface area (Å²) < 4.78 is 11.6. The van der Waals surface area contributed by atoms with E-state index in [9.17, 15) is 0 Å². The van der Waals surface area contributed by atoms with Crippen LogP contribution in [-0.4, -0.2) is 14.2 Å². The van der Waals surface area contributed by atoms with Crippen molar-refractivity contribution in [1.82, 2.24) is 0 Å². The lowest BCUT2D eigenvalue weighted by molar-refractivity contribution is 0.387. The molecule has 1 heterocycles. The highest BCUT2D eigenvalue weighted by Gasteiger charge is 2.23. The first-order valence-corrected chi connectivity index (χ1v) is 8.75. The topological polar surface area (TPSA) is 18.5 Å². The van der Waals surface area contributed by atoms with Crippen molar-refractivity contribution in [2.24, 2.45) is 0 Å². The van der Waals surface area contributed by atoms with Crippen LogP contribution in [-0.2, 0) is 0 Å². The van der Waals surface area contributed by atoms with Crippen molar-refractivity contribution in [1.29, 1.82) is 0 Å². The molecule has 0 aliphatic heterocycles. The zero-order valence-electron chi connectivity index (χ0n) is 11.2. The Morgan fingerprint density at radius 3 is 2.45 bits per heavy atom. The number of rotatable bonds is 4.